The van der Waals surface area contributed by atoms with Gasteiger partial charge in [-0.15, -0.1) is 0 Å². The van der Waals surface area contributed by atoms with Gasteiger partial charge in [0, 0.05) is 38.6 Å². The molecule has 128 valence electrons. The summed E-state index contributed by atoms with van der Waals surface area (Å²) in [6.07, 6.45) is 3.56. The van der Waals surface area contributed by atoms with Crippen LogP contribution in [0.25, 0.3) is 0 Å². The molecule has 0 unspecified atom stereocenters. The molecule has 3 rings (SSSR count). The molecule has 1 saturated carbocycles. The average Bonchev–Trinajstić information content (AvgIpc) is 3.19. The van der Waals surface area contributed by atoms with Crippen molar-refractivity contribution >= 4 is 5.91 Å². The van der Waals surface area contributed by atoms with Gasteiger partial charge < -0.3 is 9.84 Å². The Balaban J connectivity index is 1.38. The fourth-order valence-electron chi connectivity index (χ4n) is 2.88. The van der Waals surface area contributed by atoms with Crippen molar-refractivity contribution < 1.29 is 9.32 Å². The van der Waals surface area contributed by atoms with E-state index in [9.17, 15) is 4.79 Å². The summed E-state index contributed by atoms with van der Waals surface area (Å²) in [4.78, 5) is 20.8. The van der Waals surface area contributed by atoms with Gasteiger partial charge in [0.25, 0.3) is 0 Å². The lowest BCUT2D eigenvalue weighted by atomic mass is 10.3. The zero-order valence-corrected chi connectivity index (χ0v) is 14.1. The molecule has 0 atom stereocenters. The quantitative estimate of drug-likeness (QED) is 0.795. The van der Waals surface area contributed by atoms with Crippen LogP contribution < -0.4 is 5.32 Å². The highest BCUT2D eigenvalue weighted by atomic mass is 16.5. The molecular formula is C16H27N5O2. The molecule has 7 nitrogen and oxygen atoms in total. The fourth-order valence-corrected chi connectivity index (χ4v) is 2.88. The van der Waals surface area contributed by atoms with Crippen LogP contribution in [0.3, 0.4) is 0 Å². The van der Waals surface area contributed by atoms with E-state index in [1.807, 2.05) is 13.8 Å². The van der Waals surface area contributed by atoms with Crippen LogP contribution in [0.5, 0.6) is 0 Å². The Morgan fingerprint density at radius 1 is 1.26 bits per heavy atom. The minimum atomic E-state index is 0.107. The minimum Gasteiger partial charge on any atom is -0.353 e. The van der Waals surface area contributed by atoms with Crippen molar-refractivity contribution in [2.75, 3.05) is 32.7 Å². The van der Waals surface area contributed by atoms with E-state index in [-0.39, 0.29) is 11.9 Å². The first kappa shape index (κ1) is 16.4. The topological polar surface area (TPSA) is 74.5 Å². The minimum absolute atomic E-state index is 0.107. The van der Waals surface area contributed by atoms with Gasteiger partial charge in [-0.3, -0.25) is 14.6 Å². The summed E-state index contributed by atoms with van der Waals surface area (Å²) in [6.45, 7) is 8.81. The predicted octanol–water partition coefficient (Wildman–Crippen LogP) is 0.664. The molecule has 0 aromatic carbocycles. The highest BCUT2D eigenvalue weighted by molar-refractivity contribution is 5.78. The molecular weight excluding hydrogens is 294 g/mol. The molecule has 0 bridgehead atoms. The van der Waals surface area contributed by atoms with E-state index in [1.54, 1.807) is 0 Å². The molecule has 2 fully saturated rings. The van der Waals surface area contributed by atoms with Crippen molar-refractivity contribution in [1.29, 1.82) is 0 Å². The molecule has 0 radical (unpaired) electrons. The maximum absolute atomic E-state index is 11.8. The second-order valence-electron chi connectivity index (χ2n) is 7.03. The zero-order valence-electron chi connectivity index (χ0n) is 14.1. The molecule has 2 aliphatic rings. The number of amides is 1. The summed E-state index contributed by atoms with van der Waals surface area (Å²) < 4.78 is 5.35. The highest BCUT2D eigenvalue weighted by Gasteiger charge is 2.25. The Bertz CT molecular complexity index is 518. The molecule has 1 amide bonds. The Hall–Kier alpha value is -1.47. The Kier molecular flexibility index (Phi) is 5.27. The van der Waals surface area contributed by atoms with Crippen LogP contribution in [-0.2, 0) is 17.8 Å². The summed E-state index contributed by atoms with van der Waals surface area (Å²) in [7, 11) is 0. The molecule has 0 spiro atoms. The van der Waals surface area contributed by atoms with Crippen molar-refractivity contribution in [2.45, 2.75) is 45.7 Å². The van der Waals surface area contributed by atoms with E-state index in [2.05, 4.69) is 25.3 Å². The van der Waals surface area contributed by atoms with Crippen LogP contribution in [0.1, 0.15) is 38.4 Å². The number of piperazine rings is 1. The highest BCUT2D eigenvalue weighted by Crippen LogP contribution is 2.31. The van der Waals surface area contributed by atoms with Gasteiger partial charge in [0.1, 0.15) is 0 Å². The van der Waals surface area contributed by atoms with Gasteiger partial charge in [-0.05, 0) is 32.6 Å². The summed E-state index contributed by atoms with van der Waals surface area (Å²) in [5.74, 6) is 2.45. The van der Waals surface area contributed by atoms with E-state index in [0.717, 1.165) is 44.3 Å². The number of carbonyl (C=O) groups is 1. The number of carbonyl (C=O) groups excluding carboxylic acids is 1. The molecule has 7 heteroatoms. The molecule has 1 N–H and O–H groups in total. The van der Waals surface area contributed by atoms with E-state index in [0.29, 0.717) is 19.0 Å². The largest absolute Gasteiger partial charge is 0.353 e. The molecule has 23 heavy (non-hydrogen) atoms. The van der Waals surface area contributed by atoms with Gasteiger partial charge >= 0.3 is 0 Å². The number of rotatable bonds is 7. The summed E-state index contributed by atoms with van der Waals surface area (Å²) >= 11 is 0. The van der Waals surface area contributed by atoms with Crippen molar-refractivity contribution in [3.63, 3.8) is 0 Å². The van der Waals surface area contributed by atoms with Crippen molar-refractivity contribution in [3.8, 4) is 0 Å². The molecule has 1 aliphatic heterocycles. The van der Waals surface area contributed by atoms with E-state index >= 15 is 0 Å². The Morgan fingerprint density at radius 3 is 2.61 bits per heavy atom. The molecule has 1 saturated heterocycles. The smallest absolute Gasteiger partial charge is 0.240 e. The molecule has 1 aromatic heterocycles. The Morgan fingerprint density at radius 2 is 1.96 bits per heavy atom. The van der Waals surface area contributed by atoms with Gasteiger partial charge in [-0.2, -0.15) is 4.98 Å². The van der Waals surface area contributed by atoms with Gasteiger partial charge in [-0.25, -0.2) is 0 Å². The van der Waals surface area contributed by atoms with E-state index in [4.69, 9.17) is 4.52 Å². The summed E-state index contributed by atoms with van der Waals surface area (Å²) in [5.41, 5.74) is 0. The van der Waals surface area contributed by atoms with Crippen molar-refractivity contribution in [3.05, 3.63) is 11.7 Å². The third-order valence-electron chi connectivity index (χ3n) is 4.32. The lowest BCUT2D eigenvalue weighted by Gasteiger charge is -2.33. The standard InChI is InChI=1S/C16H27N5O2/c1-12(2)17-15(22)10-20-5-7-21(8-6-20)11-16-18-14(19-23-16)9-13-3-4-13/h12-13H,3-11H2,1-2H3,(H,17,22). The molecule has 1 aliphatic carbocycles. The number of aromatic nitrogens is 2. The SMILES string of the molecule is CC(C)NC(=O)CN1CCN(Cc2nc(CC3CC3)no2)CC1. The van der Waals surface area contributed by atoms with Gasteiger partial charge in [0.05, 0.1) is 13.1 Å². The normalized spacial score (nSPS) is 20.1. The lowest BCUT2D eigenvalue weighted by molar-refractivity contribution is -0.123. The predicted molar refractivity (Wildman–Crippen MR) is 85.7 cm³/mol. The van der Waals surface area contributed by atoms with Crippen molar-refractivity contribution in [1.82, 2.24) is 25.3 Å². The van der Waals surface area contributed by atoms with Gasteiger partial charge in [0.2, 0.25) is 11.8 Å². The zero-order chi connectivity index (χ0) is 16.2. The van der Waals surface area contributed by atoms with Crippen LogP contribution in [0.2, 0.25) is 0 Å². The Labute approximate surface area is 137 Å². The van der Waals surface area contributed by atoms with Crippen LogP contribution in [0, 0.1) is 5.92 Å². The van der Waals surface area contributed by atoms with E-state index < -0.39 is 0 Å². The van der Waals surface area contributed by atoms with E-state index in [1.165, 1.54) is 12.8 Å². The van der Waals surface area contributed by atoms with Crippen LogP contribution in [0.15, 0.2) is 4.52 Å². The monoisotopic (exact) mass is 321 g/mol. The maximum atomic E-state index is 11.8. The maximum Gasteiger partial charge on any atom is 0.240 e. The second kappa shape index (κ2) is 7.40. The number of nitrogens with one attached hydrogen (secondary N) is 1. The van der Waals surface area contributed by atoms with Crippen LogP contribution in [0.4, 0.5) is 0 Å². The van der Waals surface area contributed by atoms with Crippen LogP contribution >= 0.6 is 0 Å². The lowest BCUT2D eigenvalue weighted by Crippen LogP contribution is -2.49. The molecule has 2 heterocycles. The first-order valence-corrected chi connectivity index (χ1v) is 8.64. The number of hydrogen-bond donors (Lipinski definition) is 1. The first-order valence-electron chi connectivity index (χ1n) is 8.64. The summed E-state index contributed by atoms with van der Waals surface area (Å²) in [5, 5.41) is 7.00. The van der Waals surface area contributed by atoms with Crippen molar-refractivity contribution in [2.24, 2.45) is 5.92 Å². The third-order valence-corrected chi connectivity index (χ3v) is 4.32. The number of nitrogens with zero attached hydrogens (tertiary/aromatic N) is 4. The third kappa shape index (κ3) is 5.28. The summed E-state index contributed by atoms with van der Waals surface area (Å²) in [6, 6.07) is 0.200. The van der Waals surface area contributed by atoms with Gasteiger partial charge in [0.15, 0.2) is 5.82 Å². The fraction of sp³-hybridized carbons (Fsp3) is 0.812. The molecule has 1 aromatic rings. The van der Waals surface area contributed by atoms with Crippen LogP contribution in [-0.4, -0.2) is 64.6 Å². The van der Waals surface area contributed by atoms with Gasteiger partial charge in [-0.1, -0.05) is 5.16 Å². The average molecular weight is 321 g/mol. The first-order chi connectivity index (χ1) is 11.1. The second-order valence-corrected chi connectivity index (χ2v) is 7.03. The number of hydrogen-bond acceptors (Lipinski definition) is 6.